The molecule has 15 heavy (non-hydrogen) atoms. The molecule has 0 radical (unpaired) electrons. The Bertz CT molecular complexity index is 350. The van der Waals surface area contributed by atoms with Crippen LogP contribution >= 0.6 is 31.9 Å². The minimum atomic E-state index is 0.264. The van der Waals surface area contributed by atoms with Crippen LogP contribution < -0.4 is 11.3 Å². The lowest BCUT2D eigenvalue weighted by molar-refractivity contribution is 0.485. The zero-order valence-corrected chi connectivity index (χ0v) is 11.5. The Balaban J connectivity index is 2.16. The number of benzene rings is 1. The summed E-state index contributed by atoms with van der Waals surface area (Å²) >= 11 is 7.02. The van der Waals surface area contributed by atoms with Crippen molar-refractivity contribution in [1.82, 2.24) is 5.43 Å². The summed E-state index contributed by atoms with van der Waals surface area (Å²) in [6, 6.07) is 6.49. The van der Waals surface area contributed by atoms with E-state index in [0.717, 1.165) is 21.3 Å². The van der Waals surface area contributed by atoms with Crippen molar-refractivity contribution in [3.63, 3.8) is 0 Å². The third-order valence-electron chi connectivity index (χ3n) is 2.81. The van der Waals surface area contributed by atoms with Crippen molar-refractivity contribution in [3.05, 3.63) is 32.7 Å². The summed E-state index contributed by atoms with van der Waals surface area (Å²) in [5, 5.41) is 0. The van der Waals surface area contributed by atoms with Crippen LogP contribution in [0, 0.1) is 5.92 Å². The molecule has 4 heteroatoms. The molecule has 1 aromatic rings. The molecule has 2 nitrogen and oxygen atoms in total. The summed E-state index contributed by atoms with van der Waals surface area (Å²) < 4.78 is 2.20. The van der Waals surface area contributed by atoms with Crippen molar-refractivity contribution in [2.75, 3.05) is 0 Å². The molecule has 82 valence electrons. The van der Waals surface area contributed by atoms with E-state index in [1.54, 1.807) is 0 Å². The molecule has 3 N–H and O–H groups in total. The van der Waals surface area contributed by atoms with Gasteiger partial charge in [0.2, 0.25) is 0 Å². The quantitative estimate of drug-likeness (QED) is 0.653. The van der Waals surface area contributed by atoms with Gasteiger partial charge in [0.25, 0.3) is 0 Å². The fourth-order valence-electron chi connectivity index (χ4n) is 1.76. The molecule has 0 amide bonds. The SMILES string of the molecule is NNC(CC1CC1)c1ccc(Br)cc1Br. The van der Waals surface area contributed by atoms with E-state index in [9.17, 15) is 0 Å². The van der Waals surface area contributed by atoms with Crippen molar-refractivity contribution in [2.24, 2.45) is 11.8 Å². The van der Waals surface area contributed by atoms with Gasteiger partial charge in [0.15, 0.2) is 0 Å². The highest BCUT2D eigenvalue weighted by atomic mass is 79.9. The van der Waals surface area contributed by atoms with E-state index in [2.05, 4.69) is 55.5 Å². The number of halogens is 2. The van der Waals surface area contributed by atoms with Crippen molar-refractivity contribution >= 4 is 31.9 Å². The maximum Gasteiger partial charge on any atom is 0.0473 e. The normalized spacial score (nSPS) is 17.8. The molecule has 1 aliphatic rings. The lowest BCUT2D eigenvalue weighted by atomic mass is 10.0. The average Bonchev–Trinajstić information content (AvgIpc) is 2.99. The topological polar surface area (TPSA) is 38.0 Å². The molecular weight excluding hydrogens is 320 g/mol. The second kappa shape index (κ2) is 4.95. The number of nitrogens with one attached hydrogen (secondary N) is 1. The van der Waals surface area contributed by atoms with E-state index < -0.39 is 0 Å². The molecule has 1 aliphatic carbocycles. The Morgan fingerprint density at radius 1 is 1.40 bits per heavy atom. The van der Waals surface area contributed by atoms with Crippen LogP contribution in [0.15, 0.2) is 27.1 Å². The first kappa shape index (κ1) is 11.6. The predicted octanol–water partition coefficient (Wildman–Crippen LogP) is 3.52. The van der Waals surface area contributed by atoms with Crippen molar-refractivity contribution < 1.29 is 0 Å². The molecule has 0 spiro atoms. The van der Waals surface area contributed by atoms with Crippen LogP contribution in [0.3, 0.4) is 0 Å². The van der Waals surface area contributed by atoms with Gasteiger partial charge in [0.1, 0.15) is 0 Å². The molecule has 1 aromatic carbocycles. The summed E-state index contributed by atoms with van der Waals surface area (Å²) in [6.45, 7) is 0. The van der Waals surface area contributed by atoms with Gasteiger partial charge in [-0.3, -0.25) is 11.3 Å². The predicted molar refractivity (Wildman–Crippen MR) is 69.2 cm³/mol. The molecule has 0 heterocycles. The minimum absolute atomic E-state index is 0.264. The average molecular weight is 334 g/mol. The van der Waals surface area contributed by atoms with E-state index in [0.29, 0.717) is 0 Å². The summed E-state index contributed by atoms with van der Waals surface area (Å²) in [5.74, 6) is 6.47. The lowest BCUT2D eigenvalue weighted by Crippen LogP contribution is -2.28. The number of hydrazine groups is 1. The van der Waals surface area contributed by atoms with Crippen LogP contribution in [0.1, 0.15) is 30.9 Å². The lowest BCUT2D eigenvalue weighted by Gasteiger charge is -2.17. The summed E-state index contributed by atoms with van der Waals surface area (Å²) in [4.78, 5) is 0. The summed E-state index contributed by atoms with van der Waals surface area (Å²) in [6.07, 6.45) is 3.84. The van der Waals surface area contributed by atoms with E-state index in [4.69, 9.17) is 5.84 Å². The van der Waals surface area contributed by atoms with Gasteiger partial charge >= 0.3 is 0 Å². The smallest absolute Gasteiger partial charge is 0.0473 e. The molecule has 1 atom stereocenters. The van der Waals surface area contributed by atoms with E-state index >= 15 is 0 Å². The number of nitrogens with two attached hydrogens (primary N) is 1. The number of rotatable bonds is 4. The highest BCUT2D eigenvalue weighted by molar-refractivity contribution is 9.11. The molecule has 1 unspecified atom stereocenters. The monoisotopic (exact) mass is 332 g/mol. The highest BCUT2D eigenvalue weighted by Gasteiger charge is 2.26. The van der Waals surface area contributed by atoms with E-state index in [-0.39, 0.29) is 6.04 Å². The third-order valence-corrected chi connectivity index (χ3v) is 3.99. The fourth-order valence-corrected chi connectivity index (χ4v) is 3.08. The summed E-state index contributed by atoms with van der Waals surface area (Å²) in [7, 11) is 0. The highest BCUT2D eigenvalue weighted by Crippen LogP contribution is 2.39. The molecule has 0 aliphatic heterocycles. The molecule has 0 bridgehead atoms. The van der Waals surface area contributed by atoms with Crippen LogP contribution in [-0.4, -0.2) is 0 Å². The van der Waals surface area contributed by atoms with E-state index in [1.165, 1.54) is 18.4 Å². The molecular formula is C11H14Br2N2. The number of hydrogen-bond acceptors (Lipinski definition) is 2. The summed E-state index contributed by atoms with van der Waals surface area (Å²) in [5.41, 5.74) is 4.15. The molecule has 1 saturated carbocycles. The van der Waals surface area contributed by atoms with Crippen LogP contribution in [0.2, 0.25) is 0 Å². The first-order valence-corrected chi connectivity index (χ1v) is 6.70. The van der Waals surface area contributed by atoms with Crippen LogP contribution in [0.4, 0.5) is 0 Å². The molecule has 2 rings (SSSR count). The first-order valence-electron chi connectivity index (χ1n) is 5.12. The Morgan fingerprint density at radius 3 is 2.67 bits per heavy atom. The van der Waals surface area contributed by atoms with Crippen LogP contribution in [-0.2, 0) is 0 Å². The first-order chi connectivity index (χ1) is 7.20. The van der Waals surface area contributed by atoms with Gasteiger partial charge < -0.3 is 0 Å². The zero-order chi connectivity index (χ0) is 10.8. The third kappa shape index (κ3) is 3.03. The Hall–Kier alpha value is 0.1000. The van der Waals surface area contributed by atoms with Gasteiger partial charge in [-0.2, -0.15) is 0 Å². The fraction of sp³-hybridized carbons (Fsp3) is 0.455. The molecule has 0 aromatic heterocycles. The maximum absolute atomic E-state index is 5.61. The van der Waals surface area contributed by atoms with Gasteiger partial charge in [0, 0.05) is 15.0 Å². The second-order valence-electron chi connectivity index (χ2n) is 4.06. The van der Waals surface area contributed by atoms with Gasteiger partial charge in [-0.15, -0.1) is 0 Å². The Kier molecular flexibility index (Phi) is 3.83. The van der Waals surface area contributed by atoms with Crippen molar-refractivity contribution in [2.45, 2.75) is 25.3 Å². The largest absolute Gasteiger partial charge is 0.271 e. The van der Waals surface area contributed by atoms with Crippen molar-refractivity contribution in [3.8, 4) is 0 Å². The molecule has 1 fully saturated rings. The zero-order valence-electron chi connectivity index (χ0n) is 8.34. The Labute approximate surface area is 107 Å². The van der Waals surface area contributed by atoms with Gasteiger partial charge in [0.05, 0.1) is 0 Å². The van der Waals surface area contributed by atoms with Crippen LogP contribution in [0.25, 0.3) is 0 Å². The van der Waals surface area contributed by atoms with Crippen LogP contribution in [0.5, 0.6) is 0 Å². The molecule has 0 saturated heterocycles. The standard InChI is InChI=1S/C11H14Br2N2/c12-8-3-4-9(10(13)6-8)11(15-14)5-7-1-2-7/h3-4,6-7,11,15H,1-2,5,14H2. The Morgan fingerprint density at radius 2 is 2.13 bits per heavy atom. The van der Waals surface area contributed by atoms with Gasteiger partial charge in [-0.25, -0.2) is 0 Å². The second-order valence-corrected chi connectivity index (χ2v) is 5.83. The van der Waals surface area contributed by atoms with Crippen molar-refractivity contribution in [1.29, 1.82) is 0 Å². The maximum atomic E-state index is 5.61. The van der Waals surface area contributed by atoms with E-state index in [1.807, 2.05) is 0 Å². The minimum Gasteiger partial charge on any atom is -0.271 e. The number of hydrogen-bond donors (Lipinski definition) is 2. The van der Waals surface area contributed by atoms with Gasteiger partial charge in [-0.05, 0) is 30.0 Å². The van der Waals surface area contributed by atoms with Gasteiger partial charge in [-0.1, -0.05) is 50.8 Å².